The normalized spacial score (nSPS) is 10.4. The van der Waals surface area contributed by atoms with Crippen LogP contribution in [-0.2, 0) is 14.3 Å². The molecular weight excluding hydrogens is 340 g/mol. The number of hydrogen-bond acceptors (Lipinski definition) is 6. The zero-order valence-corrected chi connectivity index (χ0v) is 14.3. The Kier molecular flexibility index (Phi) is 5.25. The van der Waals surface area contributed by atoms with E-state index >= 15 is 0 Å². The third-order valence-electron chi connectivity index (χ3n) is 3.37. The van der Waals surface area contributed by atoms with E-state index in [1.165, 1.54) is 18.4 Å². The van der Waals surface area contributed by atoms with Gasteiger partial charge in [0.2, 0.25) is 5.91 Å². The highest BCUT2D eigenvalue weighted by Gasteiger charge is 2.11. The minimum absolute atomic E-state index is 0.0439. The van der Waals surface area contributed by atoms with E-state index in [0.29, 0.717) is 10.9 Å². The molecule has 0 fully saturated rings. The smallest absolute Gasteiger partial charge is 0.306 e. The van der Waals surface area contributed by atoms with Crippen molar-refractivity contribution in [3.05, 3.63) is 48.5 Å². The number of carbonyl (C=O) groups excluding carboxylic acids is 2. The van der Waals surface area contributed by atoms with Crippen LogP contribution in [0.15, 0.2) is 48.5 Å². The molecular formula is C18H16N2O4S. The van der Waals surface area contributed by atoms with Crippen LogP contribution in [-0.4, -0.2) is 24.0 Å². The number of methoxy groups -OCH3 is 1. The van der Waals surface area contributed by atoms with Gasteiger partial charge in [-0.15, -0.1) is 0 Å². The van der Waals surface area contributed by atoms with Crippen molar-refractivity contribution in [2.75, 3.05) is 12.4 Å². The van der Waals surface area contributed by atoms with Gasteiger partial charge in [0, 0.05) is 12.5 Å². The van der Waals surface area contributed by atoms with Crippen LogP contribution in [0.3, 0.4) is 0 Å². The van der Waals surface area contributed by atoms with Gasteiger partial charge in [0.15, 0.2) is 5.13 Å². The lowest BCUT2D eigenvalue weighted by Crippen LogP contribution is -2.13. The summed E-state index contributed by atoms with van der Waals surface area (Å²) in [7, 11) is 1.29. The lowest BCUT2D eigenvalue weighted by molar-refractivity contribution is -0.141. The third-order valence-corrected chi connectivity index (χ3v) is 4.30. The molecule has 128 valence electrons. The Bertz CT molecular complexity index is 892. The number of amides is 1. The van der Waals surface area contributed by atoms with E-state index in [0.717, 1.165) is 16.0 Å². The van der Waals surface area contributed by atoms with Crippen LogP contribution >= 0.6 is 11.3 Å². The molecule has 1 amide bonds. The van der Waals surface area contributed by atoms with Crippen molar-refractivity contribution in [3.8, 4) is 11.5 Å². The van der Waals surface area contributed by atoms with Crippen LogP contribution in [0.2, 0.25) is 0 Å². The number of ether oxygens (including phenoxy) is 2. The van der Waals surface area contributed by atoms with Crippen molar-refractivity contribution in [1.82, 2.24) is 4.98 Å². The molecule has 1 N–H and O–H groups in total. The van der Waals surface area contributed by atoms with Crippen molar-refractivity contribution >= 4 is 38.6 Å². The van der Waals surface area contributed by atoms with Crippen molar-refractivity contribution in [2.24, 2.45) is 0 Å². The number of rotatable bonds is 6. The molecule has 0 saturated carbocycles. The summed E-state index contributed by atoms with van der Waals surface area (Å²) < 4.78 is 11.2. The first-order valence-electron chi connectivity index (χ1n) is 7.64. The number of carbonyl (C=O) groups is 2. The second kappa shape index (κ2) is 7.76. The van der Waals surface area contributed by atoms with E-state index in [1.807, 2.05) is 48.5 Å². The number of aromatic nitrogens is 1. The molecule has 0 bridgehead atoms. The maximum absolute atomic E-state index is 11.8. The van der Waals surface area contributed by atoms with Crippen LogP contribution in [0.5, 0.6) is 11.5 Å². The molecule has 25 heavy (non-hydrogen) atoms. The van der Waals surface area contributed by atoms with Crippen molar-refractivity contribution in [3.63, 3.8) is 0 Å². The highest BCUT2D eigenvalue weighted by Crippen LogP contribution is 2.31. The Morgan fingerprint density at radius 1 is 1.08 bits per heavy atom. The first-order valence-corrected chi connectivity index (χ1v) is 8.46. The molecule has 0 unspecified atom stereocenters. The van der Waals surface area contributed by atoms with Gasteiger partial charge in [-0.3, -0.25) is 9.59 Å². The quantitative estimate of drug-likeness (QED) is 0.676. The van der Waals surface area contributed by atoms with Crippen molar-refractivity contribution in [1.29, 1.82) is 0 Å². The number of thiazole rings is 1. The van der Waals surface area contributed by atoms with Gasteiger partial charge >= 0.3 is 5.97 Å². The topological polar surface area (TPSA) is 77.5 Å². The average molecular weight is 356 g/mol. The maximum Gasteiger partial charge on any atom is 0.306 e. The molecule has 0 atom stereocenters. The van der Waals surface area contributed by atoms with Gasteiger partial charge < -0.3 is 14.8 Å². The predicted molar refractivity (Wildman–Crippen MR) is 96.0 cm³/mol. The minimum Gasteiger partial charge on any atom is -0.469 e. The Balaban J connectivity index is 1.68. The fourth-order valence-corrected chi connectivity index (χ4v) is 3.06. The first-order chi connectivity index (χ1) is 12.1. The predicted octanol–water partition coefficient (Wildman–Crippen LogP) is 3.98. The van der Waals surface area contributed by atoms with Gasteiger partial charge in [0.25, 0.3) is 0 Å². The summed E-state index contributed by atoms with van der Waals surface area (Å²) >= 11 is 1.35. The molecule has 1 heterocycles. The van der Waals surface area contributed by atoms with Gasteiger partial charge in [-0.1, -0.05) is 29.5 Å². The maximum atomic E-state index is 11.8. The highest BCUT2D eigenvalue weighted by atomic mass is 32.1. The number of anilines is 1. The monoisotopic (exact) mass is 356 g/mol. The molecule has 3 rings (SSSR count). The molecule has 0 radical (unpaired) electrons. The fourth-order valence-electron chi connectivity index (χ4n) is 2.15. The number of para-hydroxylation sites is 1. The van der Waals surface area contributed by atoms with Gasteiger partial charge in [0.1, 0.15) is 11.5 Å². The van der Waals surface area contributed by atoms with E-state index in [2.05, 4.69) is 15.0 Å². The Morgan fingerprint density at radius 3 is 2.64 bits per heavy atom. The zero-order chi connectivity index (χ0) is 17.6. The summed E-state index contributed by atoms with van der Waals surface area (Å²) in [5.74, 6) is 0.765. The first kappa shape index (κ1) is 16.9. The molecule has 6 nitrogen and oxygen atoms in total. The molecule has 0 aliphatic carbocycles. The van der Waals surface area contributed by atoms with E-state index in [9.17, 15) is 9.59 Å². The molecule has 3 aromatic rings. The van der Waals surface area contributed by atoms with E-state index < -0.39 is 5.97 Å². The fraction of sp³-hybridized carbons (Fsp3) is 0.167. The van der Waals surface area contributed by atoms with Crippen LogP contribution in [0.1, 0.15) is 12.8 Å². The highest BCUT2D eigenvalue weighted by molar-refractivity contribution is 7.22. The van der Waals surface area contributed by atoms with Gasteiger partial charge in [-0.05, 0) is 24.3 Å². The Labute approximate surface area is 148 Å². The van der Waals surface area contributed by atoms with E-state index in [1.54, 1.807) is 0 Å². The average Bonchev–Trinajstić information content (AvgIpc) is 3.02. The lowest BCUT2D eigenvalue weighted by Gasteiger charge is -2.04. The van der Waals surface area contributed by atoms with Gasteiger partial charge in [0.05, 0.1) is 23.7 Å². The second-order valence-corrected chi connectivity index (χ2v) is 6.22. The van der Waals surface area contributed by atoms with E-state index in [-0.39, 0.29) is 18.7 Å². The summed E-state index contributed by atoms with van der Waals surface area (Å²) in [6.45, 7) is 0. The third kappa shape index (κ3) is 4.54. The summed E-state index contributed by atoms with van der Waals surface area (Å²) in [6, 6.07) is 15.0. The number of nitrogens with one attached hydrogen (secondary N) is 1. The minimum atomic E-state index is -0.415. The summed E-state index contributed by atoms with van der Waals surface area (Å²) in [4.78, 5) is 27.3. The van der Waals surface area contributed by atoms with Gasteiger partial charge in [-0.25, -0.2) is 4.98 Å². The lowest BCUT2D eigenvalue weighted by atomic mass is 10.3. The summed E-state index contributed by atoms with van der Waals surface area (Å²) in [5, 5.41) is 3.19. The standard InChI is InChI=1S/C18H16N2O4S/c1-23-17(22)10-9-16(21)20-18-19-14-8-7-13(11-15(14)25-18)24-12-5-3-2-4-6-12/h2-8,11H,9-10H2,1H3,(H,19,20,21). The second-order valence-electron chi connectivity index (χ2n) is 5.19. The van der Waals surface area contributed by atoms with Crippen LogP contribution in [0, 0.1) is 0 Å². The summed E-state index contributed by atoms with van der Waals surface area (Å²) in [5.41, 5.74) is 0.772. The Hall–Kier alpha value is -2.93. The molecule has 2 aromatic carbocycles. The number of fused-ring (bicyclic) bond motifs is 1. The van der Waals surface area contributed by atoms with Crippen LogP contribution in [0.4, 0.5) is 5.13 Å². The largest absolute Gasteiger partial charge is 0.469 e. The molecule has 0 aliphatic rings. The number of esters is 1. The van der Waals surface area contributed by atoms with Crippen LogP contribution < -0.4 is 10.1 Å². The Morgan fingerprint density at radius 2 is 1.88 bits per heavy atom. The van der Waals surface area contributed by atoms with Crippen LogP contribution in [0.25, 0.3) is 10.2 Å². The molecule has 0 aliphatic heterocycles. The molecule has 0 spiro atoms. The van der Waals surface area contributed by atoms with Gasteiger partial charge in [-0.2, -0.15) is 0 Å². The number of hydrogen-bond donors (Lipinski definition) is 1. The molecule has 7 heteroatoms. The summed E-state index contributed by atoms with van der Waals surface area (Å²) in [6.07, 6.45) is 0.104. The SMILES string of the molecule is COC(=O)CCC(=O)Nc1nc2ccc(Oc3ccccc3)cc2s1. The molecule has 1 aromatic heterocycles. The number of benzene rings is 2. The van der Waals surface area contributed by atoms with Crippen molar-refractivity contribution < 1.29 is 19.1 Å². The number of nitrogens with zero attached hydrogens (tertiary/aromatic N) is 1. The molecule has 0 saturated heterocycles. The zero-order valence-electron chi connectivity index (χ0n) is 13.5. The van der Waals surface area contributed by atoms with Crippen molar-refractivity contribution in [2.45, 2.75) is 12.8 Å². The van der Waals surface area contributed by atoms with E-state index in [4.69, 9.17) is 4.74 Å².